The van der Waals surface area contributed by atoms with Crippen LogP contribution >= 0.6 is 0 Å². The minimum Gasteiger partial charge on any atom is -0.468 e. The second-order valence-corrected chi connectivity index (χ2v) is 5.39. The minimum absolute atomic E-state index is 0.199. The Bertz CT molecular complexity index is 891. The number of nitrogens with zero attached hydrogens (tertiary/aromatic N) is 2. The van der Waals surface area contributed by atoms with Gasteiger partial charge in [0.2, 0.25) is 0 Å². The number of hydrogen-bond donors (Lipinski definition) is 1. The van der Waals surface area contributed by atoms with Crippen molar-refractivity contribution in [2.24, 2.45) is 0 Å². The van der Waals surface area contributed by atoms with Crippen LogP contribution in [0.5, 0.6) is 0 Å². The fourth-order valence-corrected chi connectivity index (χ4v) is 2.53. The highest BCUT2D eigenvalue weighted by Gasteiger charge is 2.20. The van der Waals surface area contributed by atoms with Gasteiger partial charge >= 0.3 is 5.69 Å². The van der Waals surface area contributed by atoms with Gasteiger partial charge in [-0.25, -0.2) is 4.79 Å². The molecule has 0 fully saturated rings. The van der Waals surface area contributed by atoms with Crippen LogP contribution in [0.3, 0.4) is 0 Å². The molecule has 2 heterocycles. The molecule has 0 amide bonds. The highest BCUT2D eigenvalue weighted by atomic mass is 16.3. The maximum absolute atomic E-state index is 12.6. The molecule has 1 N–H and O–H groups in total. The largest absolute Gasteiger partial charge is 0.468 e. The predicted octanol–water partition coefficient (Wildman–Crippen LogP) is 1.59. The normalized spacial score (nSPS) is 12.9. The van der Waals surface area contributed by atoms with Crippen LogP contribution in [0, 0.1) is 0 Å². The number of aromatic amines is 1. The van der Waals surface area contributed by atoms with Gasteiger partial charge in [0, 0.05) is 0 Å². The molecular formula is C16H17N3O3. The molecule has 0 saturated heterocycles. The van der Waals surface area contributed by atoms with Gasteiger partial charge in [0.25, 0.3) is 5.56 Å². The average Bonchev–Trinajstić information content (AvgIpc) is 3.00. The van der Waals surface area contributed by atoms with Crippen LogP contribution in [0.4, 0.5) is 0 Å². The summed E-state index contributed by atoms with van der Waals surface area (Å²) >= 11 is 0. The molecule has 0 bridgehead atoms. The first kappa shape index (κ1) is 14.3. The van der Waals surface area contributed by atoms with Crippen molar-refractivity contribution < 1.29 is 4.42 Å². The lowest BCUT2D eigenvalue weighted by Gasteiger charge is -2.22. The number of para-hydroxylation sites is 1. The lowest BCUT2D eigenvalue weighted by atomic mass is 10.2. The lowest BCUT2D eigenvalue weighted by Crippen LogP contribution is -2.39. The number of likely N-dealkylation sites (N-methyl/N-ethyl adjacent to an activating group) is 1. The number of H-pyrrole nitrogens is 1. The summed E-state index contributed by atoms with van der Waals surface area (Å²) in [5.74, 6) is 0.712. The minimum atomic E-state index is -0.415. The maximum Gasteiger partial charge on any atom is 0.328 e. The zero-order chi connectivity index (χ0) is 15.7. The zero-order valence-electron chi connectivity index (χ0n) is 12.4. The molecule has 0 aliphatic carbocycles. The zero-order valence-corrected chi connectivity index (χ0v) is 12.4. The summed E-state index contributed by atoms with van der Waals surface area (Å²) in [5.41, 5.74) is -0.159. The number of aromatic nitrogens is 2. The molecule has 6 heteroatoms. The summed E-state index contributed by atoms with van der Waals surface area (Å²) < 4.78 is 6.64. The van der Waals surface area contributed by atoms with Crippen LogP contribution in [0.2, 0.25) is 0 Å². The molecule has 22 heavy (non-hydrogen) atoms. The van der Waals surface area contributed by atoms with Gasteiger partial charge in [0.05, 0.1) is 29.8 Å². The Morgan fingerprint density at radius 1 is 1.18 bits per heavy atom. The van der Waals surface area contributed by atoms with Crippen molar-refractivity contribution in [3.8, 4) is 0 Å². The van der Waals surface area contributed by atoms with E-state index in [4.69, 9.17) is 4.42 Å². The Labute approximate surface area is 126 Å². The monoisotopic (exact) mass is 299 g/mol. The summed E-state index contributed by atoms with van der Waals surface area (Å²) in [6.07, 6.45) is 1.58. The molecule has 3 rings (SSSR count). The van der Waals surface area contributed by atoms with Crippen molar-refractivity contribution in [1.29, 1.82) is 0 Å². The third-order valence-electron chi connectivity index (χ3n) is 3.74. The Kier molecular flexibility index (Phi) is 3.68. The number of furan rings is 1. The fourth-order valence-electron chi connectivity index (χ4n) is 2.53. The van der Waals surface area contributed by atoms with Crippen molar-refractivity contribution >= 4 is 10.9 Å². The molecule has 3 aromatic rings. The Morgan fingerprint density at radius 3 is 2.64 bits per heavy atom. The van der Waals surface area contributed by atoms with E-state index in [0.717, 1.165) is 0 Å². The first-order valence-electron chi connectivity index (χ1n) is 6.99. The van der Waals surface area contributed by atoms with E-state index in [1.54, 1.807) is 36.6 Å². The predicted molar refractivity (Wildman–Crippen MR) is 84.0 cm³/mol. The van der Waals surface area contributed by atoms with Crippen molar-refractivity contribution in [2.45, 2.75) is 12.6 Å². The van der Waals surface area contributed by atoms with Crippen molar-refractivity contribution in [3.63, 3.8) is 0 Å². The van der Waals surface area contributed by atoms with E-state index in [1.807, 2.05) is 25.1 Å². The maximum atomic E-state index is 12.6. The fraction of sp³-hybridized carbons (Fsp3) is 0.250. The first-order valence-corrected chi connectivity index (χ1v) is 6.99. The van der Waals surface area contributed by atoms with E-state index in [0.29, 0.717) is 16.7 Å². The van der Waals surface area contributed by atoms with Crippen LogP contribution < -0.4 is 11.2 Å². The lowest BCUT2D eigenvalue weighted by molar-refractivity contribution is 0.228. The number of nitrogens with one attached hydrogen (secondary N) is 1. The quantitative estimate of drug-likeness (QED) is 0.794. The molecule has 0 saturated carbocycles. The second kappa shape index (κ2) is 5.65. The van der Waals surface area contributed by atoms with Crippen LogP contribution in [0.25, 0.3) is 10.9 Å². The molecule has 114 valence electrons. The molecule has 0 radical (unpaired) electrons. The van der Waals surface area contributed by atoms with Gasteiger partial charge in [-0.3, -0.25) is 14.3 Å². The molecule has 1 aromatic carbocycles. The second-order valence-electron chi connectivity index (χ2n) is 5.39. The van der Waals surface area contributed by atoms with E-state index >= 15 is 0 Å². The van der Waals surface area contributed by atoms with Gasteiger partial charge in [0.15, 0.2) is 0 Å². The highest BCUT2D eigenvalue weighted by molar-refractivity contribution is 5.76. The topological polar surface area (TPSA) is 71.2 Å². The molecular weight excluding hydrogens is 282 g/mol. The SMILES string of the molecule is CN(C)C(Cn1c(=O)[nH]c2ccccc2c1=O)c1ccco1. The number of fused-ring (bicyclic) bond motifs is 1. The highest BCUT2D eigenvalue weighted by Crippen LogP contribution is 2.19. The van der Waals surface area contributed by atoms with Crippen LogP contribution in [-0.2, 0) is 6.54 Å². The molecule has 6 nitrogen and oxygen atoms in total. The molecule has 0 aliphatic rings. The standard InChI is InChI=1S/C16H17N3O3/c1-18(2)13(14-8-5-9-22-14)10-19-15(20)11-6-3-4-7-12(11)17-16(19)21/h3-9,13H,10H2,1-2H3,(H,17,21). The van der Waals surface area contributed by atoms with Gasteiger partial charge in [-0.15, -0.1) is 0 Å². The Morgan fingerprint density at radius 2 is 1.95 bits per heavy atom. The molecule has 2 aromatic heterocycles. The summed E-state index contributed by atoms with van der Waals surface area (Å²) in [7, 11) is 3.76. The number of rotatable bonds is 4. The summed E-state index contributed by atoms with van der Waals surface area (Å²) in [6.45, 7) is 0.222. The first-order chi connectivity index (χ1) is 10.6. The van der Waals surface area contributed by atoms with E-state index in [2.05, 4.69) is 4.98 Å². The van der Waals surface area contributed by atoms with E-state index in [1.165, 1.54) is 4.57 Å². The van der Waals surface area contributed by atoms with E-state index < -0.39 is 5.69 Å². The van der Waals surface area contributed by atoms with Crippen molar-refractivity contribution in [1.82, 2.24) is 14.5 Å². The molecule has 0 aliphatic heterocycles. The van der Waals surface area contributed by atoms with Gasteiger partial charge in [-0.1, -0.05) is 12.1 Å². The van der Waals surface area contributed by atoms with E-state index in [-0.39, 0.29) is 18.1 Å². The van der Waals surface area contributed by atoms with Gasteiger partial charge < -0.3 is 9.40 Å². The summed E-state index contributed by atoms with van der Waals surface area (Å²) in [5, 5.41) is 0.499. The molecule has 0 spiro atoms. The number of hydrogen-bond acceptors (Lipinski definition) is 4. The summed E-state index contributed by atoms with van der Waals surface area (Å²) in [6, 6.07) is 10.4. The Hall–Kier alpha value is -2.60. The molecule has 1 atom stereocenters. The van der Waals surface area contributed by atoms with Crippen LogP contribution in [0.15, 0.2) is 56.7 Å². The van der Waals surface area contributed by atoms with Gasteiger partial charge in [0.1, 0.15) is 5.76 Å². The smallest absolute Gasteiger partial charge is 0.328 e. The Balaban J connectivity index is 2.10. The van der Waals surface area contributed by atoms with Crippen molar-refractivity contribution in [3.05, 3.63) is 69.3 Å². The third kappa shape index (κ3) is 2.48. The molecule has 1 unspecified atom stereocenters. The van der Waals surface area contributed by atoms with Crippen molar-refractivity contribution in [2.75, 3.05) is 14.1 Å². The summed E-state index contributed by atoms with van der Waals surface area (Å²) in [4.78, 5) is 29.5. The van der Waals surface area contributed by atoms with Gasteiger partial charge in [-0.05, 0) is 38.4 Å². The van der Waals surface area contributed by atoms with Crippen LogP contribution in [0.1, 0.15) is 11.8 Å². The van der Waals surface area contributed by atoms with Crippen LogP contribution in [-0.4, -0.2) is 28.5 Å². The average molecular weight is 299 g/mol. The van der Waals surface area contributed by atoms with E-state index in [9.17, 15) is 9.59 Å². The third-order valence-corrected chi connectivity index (χ3v) is 3.74. The van der Waals surface area contributed by atoms with Gasteiger partial charge in [-0.2, -0.15) is 0 Å². The number of benzene rings is 1.